The van der Waals surface area contributed by atoms with Crippen molar-refractivity contribution in [2.45, 2.75) is 6.42 Å². The Balaban J connectivity index is 1.95. The van der Waals surface area contributed by atoms with Gasteiger partial charge in [0, 0.05) is 49.8 Å². The van der Waals surface area contributed by atoms with E-state index < -0.39 is 0 Å². The Morgan fingerprint density at radius 2 is 1.96 bits per heavy atom. The molecule has 0 aliphatic carbocycles. The predicted octanol–water partition coefficient (Wildman–Crippen LogP) is 2.78. The van der Waals surface area contributed by atoms with E-state index >= 15 is 0 Å². The highest BCUT2D eigenvalue weighted by atomic mass is 79.9. The Labute approximate surface area is 169 Å². The average Bonchev–Trinajstić information content (AvgIpc) is 2.65. The molecule has 26 heavy (non-hydrogen) atoms. The second kappa shape index (κ2) is 16.2. The normalized spacial score (nSPS) is 11.4. The first kappa shape index (κ1) is 23.1. The number of ether oxygens (including phenoxy) is 3. The predicted molar refractivity (Wildman–Crippen MR) is 114 cm³/mol. The topological polar surface area (TPSA) is 64.1 Å². The summed E-state index contributed by atoms with van der Waals surface area (Å²) in [5.74, 6) is 3.68. The summed E-state index contributed by atoms with van der Waals surface area (Å²) in [4.78, 5) is 4.21. The summed E-state index contributed by atoms with van der Waals surface area (Å²) >= 11 is 5.29. The van der Waals surface area contributed by atoms with Crippen LogP contribution in [0.2, 0.25) is 0 Å². The van der Waals surface area contributed by atoms with Crippen molar-refractivity contribution in [2.24, 2.45) is 4.99 Å². The SMILES string of the molecule is CN=C(NCCCOCCOC)NCCSCCOc1cccc(Br)c1. The lowest BCUT2D eigenvalue weighted by Crippen LogP contribution is -2.39. The van der Waals surface area contributed by atoms with Crippen molar-refractivity contribution in [3.8, 4) is 5.75 Å². The fourth-order valence-electron chi connectivity index (χ4n) is 1.96. The molecule has 0 fully saturated rings. The number of guanidine groups is 1. The minimum atomic E-state index is 0.641. The maximum absolute atomic E-state index is 5.71. The number of aliphatic imine (C=N–C) groups is 1. The number of hydrogen-bond donors (Lipinski definition) is 2. The fourth-order valence-corrected chi connectivity index (χ4v) is 2.99. The van der Waals surface area contributed by atoms with Crippen molar-refractivity contribution in [3.05, 3.63) is 28.7 Å². The van der Waals surface area contributed by atoms with Crippen LogP contribution in [0.5, 0.6) is 5.75 Å². The lowest BCUT2D eigenvalue weighted by molar-refractivity contribution is 0.0698. The Hall–Kier alpha value is -0.960. The maximum atomic E-state index is 5.71. The molecule has 0 atom stereocenters. The second-order valence-electron chi connectivity index (χ2n) is 5.30. The highest BCUT2D eigenvalue weighted by molar-refractivity contribution is 9.10. The molecule has 0 aromatic heterocycles. The van der Waals surface area contributed by atoms with Crippen LogP contribution in [-0.4, -0.2) is 71.1 Å². The van der Waals surface area contributed by atoms with E-state index in [1.165, 1.54) is 0 Å². The monoisotopic (exact) mass is 447 g/mol. The van der Waals surface area contributed by atoms with Gasteiger partial charge in [-0.2, -0.15) is 11.8 Å². The van der Waals surface area contributed by atoms with Crippen LogP contribution in [0.15, 0.2) is 33.7 Å². The molecule has 0 spiro atoms. The van der Waals surface area contributed by atoms with Crippen LogP contribution in [0.25, 0.3) is 0 Å². The van der Waals surface area contributed by atoms with Crippen molar-refractivity contribution in [1.29, 1.82) is 0 Å². The van der Waals surface area contributed by atoms with Crippen LogP contribution in [-0.2, 0) is 9.47 Å². The van der Waals surface area contributed by atoms with E-state index in [1.54, 1.807) is 14.2 Å². The Morgan fingerprint density at radius 1 is 1.12 bits per heavy atom. The van der Waals surface area contributed by atoms with Crippen molar-refractivity contribution >= 4 is 33.7 Å². The molecule has 0 saturated carbocycles. The zero-order valence-electron chi connectivity index (χ0n) is 15.6. The van der Waals surface area contributed by atoms with Gasteiger partial charge in [-0.25, -0.2) is 0 Å². The molecule has 0 aliphatic rings. The molecule has 1 rings (SSSR count). The lowest BCUT2D eigenvalue weighted by Gasteiger charge is -2.12. The molecule has 0 amide bonds. The van der Waals surface area contributed by atoms with Crippen LogP contribution in [0.1, 0.15) is 6.42 Å². The third-order valence-corrected chi connectivity index (χ3v) is 4.69. The number of rotatable bonds is 14. The van der Waals surface area contributed by atoms with Crippen molar-refractivity contribution < 1.29 is 14.2 Å². The van der Waals surface area contributed by atoms with Crippen LogP contribution < -0.4 is 15.4 Å². The third kappa shape index (κ3) is 12.4. The van der Waals surface area contributed by atoms with Gasteiger partial charge in [-0.05, 0) is 24.6 Å². The fraction of sp³-hybridized carbons (Fsp3) is 0.611. The lowest BCUT2D eigenvalue weighted by atomic mass is 10.3. The molecule has 0 bridgehead atoms. The van der Waals surface area contributed by atoms with Crippen LogP contribution in [0.3, 0.4) is 0 Å². The highest BCUT2D eigenvalue weighted by Crippen LogP contribution is 2.17. The number of benzene rings is 1. The molecule has 2 N–H and O–H groups in total. The number of thioether (sulfide) groups is 1. The van der Waals surface area contributed by atoms with Gasteiger partial charge >= 0.3 is 0 Å². The van der Waals surface area contributed by atoms with Crippen LogP contribution in [0, 0.1) is 0 Å². The molecule has 0 unspecified atom stereocenters. The minimum Gasteiger partial charge on any atom is -0.493 e. The summed E-state index contributed by atoms with van der Waals surface area (Å²) in [6, 6.07) is 7.91. The molecule has 8 heteroatoms. The van der Waals surface area contributed by atoms with E-state index in [4.69, 9.17) is 14.2 Å². The number of nitrogens with zero attached hydrogens (tertiary/aromatic N) is 1. The second-order valence-corrected chi connectivity index (χ2v) is 7.44. The van der Waals surface area contributed by atoms with Gasteiger partial charge in [0.25, 0.3) is 0 Å². The molecule has 0 aliphatic heterocycles. The summed E-state index contributed by atoms with van der Waals surface area (Å²) in [5, 5.41) is 6.59. The summed E-state index contributed by atoms with van der Waals surface area (Å²) in [6.45, 7) is 4.42. The Morgan fingerprint density at radius 3 is 2.73 bits per heavy atom. The van der Waals surface area contributed by atoms with E-state index in [0.29, 0.717) is 19.8 Å². The first-order valence-electron chi connectivity index (χ1n) is 8.73. The highest BCUT2D eigenvalue weighted by Gasteiger charge is 1.98. The smallest absolute Gasteiger partial charge is 0.191 e. The summed E-state index contributed by atoms with van der Waals surface area (Å²) < 4.78 is 17.1. The van der Waals surface area contributed by atoms with Gasteiger partial charge in [-0.15, -0.1) is 0 Å². The molecule has 6 nitrogen and oxygen atoms in total. The molecular weight excluding hydrogens is 418 g/mol. The van der Waals surface area contributed by atoms with Gasteiger partial charge in [0.15, 0.2) is 5.96 Å². The van der Waals surface area contributed by atoms with E-state index in [0.717, 1.165) is 53.8 Å². The van der Waals surface area contributed by atoms with E-state index in [2.05, 4.69) is 31.6 Å². The minimum absolute atomic E-state index is 0.641. The molecular formula is C18H30BrN3O3S. The van der Waals surface area contributed by atoms with Gasteiger partial charge in [0.2, 0.25) is 0 Å². The number of hydrogen-bond acceptors (Lipinski definition) is 5. The number of nitrogens with one attached hydrogen (secondary N) is 2. The summed E-state index contributed by atoms with van der Waals surface area (Å²) in [6.07, 6.45) is 0.937. The van der Waals surface area contributed by atoms with Crippen molar-refractivity contribution in [3.63, 3.8) is 0 Å². The van der Waals surface area contributed by atoms with Gasteiger partial charge < -0.3 is 24.8 Å². The van der Waals surface area contributed by atoms with E-state index in [-0.39, 0.29) is 0 Å². The molecule has 0 heterocycles. The summed E-state index contributed by atoms with van der Waals surface area (Å²) in [5.41, 5.74) is 0. The van der Waals surface area contributed by atoms with Gasteiger partial charge in [-0.1, -0.05) is 22.0 Å². The van der Waals surface area contributed by atoms with Crippen molar-refractivity contribution in [1.82, 2.24) is 10.6 Å². The standard InChI is InChI=1S/C18H30BrN3O3S/c1-20-18(21-7-4-9-24-11-10-23-2)22-8-13-26-14-12-25-17-6-3-5-16(19)15-17/h3,5-6,15H,4,7-14H2,1-2H3,(H2,20,21,22). The van der Waals surface area contributed by atoms with Crippen molar-refractivity contribution in [2.75, 3.05) is 65.2 Å². The molecule has 0 saturated heterocycles. The summed E-state index contributed by atoms with van der Waals surface area (Å²) in [7, 11) is 3.46. The Kier molecular flexibility index (Phi) is 14.4. The molecule has 1 aromatic rings. The van der Waals surface area contributed by atoms with Gasteiger partial charge in [0.05, 0.1) is 19.8 Å². The van der Waals surface area contributed by atoms with E-state index in [1.807, 2.05) is 36.0 Å². The molecule has 0 radical (unpaired) electrons. The van der Waals surface area contributed by atoms with Gasteiger partial charge in [0.1, 0.15) is 5.75 Å². The van der Waals surface area contributed by atoms with Gasteiger partial charge in [-0.3, -0.25) is 4.99 Å². The zero-order chi connectivity index (χ0) is 18.9. The third-order valence-electron chi connectivity index (χ3n) is 3.24. The number of methoxy groups -OCH3 is 1. The first-order chi connectivity index (χ1) is 12.8. The van der Waals surface area contributed by atoms with E-state index in [9.17, 15) is 0 Å². The zero-order valence-corrected chi connectivity index (χ0v) is 18.0. The Bertz CT molecular complexity index is 506. The number of halogens is 1. The van der Waals surface area contributed by atoms with Crippen LogP contribution >= 0.6 is 27.7 Å². The van der Waals surface area contributed by atoms with Crippen LogP contribution in [0.4, 0.5) is 0 Å². The largest absolute Gasteiger partial charge is 0.493 e. The quantitative estimate of drug-likeness (QED) is 0.259. The average molecular weight is 448 g/mol. The molecule has 148 valence electrons. The maximum Gasteiger partial charge on any atom is 0.191 e. The molecule has 1 aromatic carbocycles. The first-order valence-corrected chi connectivity index (χ1v) is 10.7.